The van der Waals surface area contributed by atoms with Crippen LogP contribution in [0.15, 0.2) is 22.5 Å². The molecule has 7 heteroatoms. The smallest absolute Gasteiger partial charge is 0.339 e. The van der Waals surface area contributed by atoms with Crippen LogP contribution in [0.4, 0.5) is 0 Å². The molecule has 2 aliphatic rings. The zero-order valence-corrected chi connectivity index (χ0v) is 17.4. The molecule has 0 bridgehead atoms. The molecule has 7 nitrogen and oxygen atoms in total. The molecule has 1 aliphatic heterocycles. The van der Waals surface area contributed by atoms with E-state index < -0.39 is 36.0 Å². The molecule has 1 heterocycles. The number of hydrogen-bond donors (Lipinski definition) is 2. The Morgan fingerprint density at radius 2 is 1.57 bits per heavy atom. The molecule has 0 radical (unpaired) electrons. The van der Waals surface area contributed by atoms with E-state index in [4.69, 9.17) is 9.47 Å². The van der Waals surface area contributed by atoms with Gasteiger partial charge in [-0.15, -0.1) is 0 Å². The highest BCUT2D eigenvalue weighted by Crippen LogP contribution is 2.42. The number of hydrogen-bond acceptors (Lipinski definition) is 6. The molecule has 0 spiro atoms. The fourth-order valence-electron chi connectivity index (χ4n) is 3.97. The molecule has 0 amide bonds. The second-order valence-electron chi connectivity index (χ2n) is 8.61. The molecule has 0 saturated heterocycles. The Bertz CT molecular complexity index is 707. The molecule has 1 aliphatic carbocycles. The summed E-state index contributed by atoms with van der Waals surface area (Å²) in [5.74, 6) is -2.60. The van der Waals surface area contributed by atoms with E-state index >= 15 is 0 Å². The van der Waals surface area contributed by atoms with Gasteiger partial charge in [0, 0.05) is 17.3 Å². The monoisotopic (exact) mass is 393 g/mol. The third-order valence-corrected chi connectivity index (χ3v) is 5.37. The van der Waals surface area contributed by atoms with Crippen molar-refractivity contribution in [3.05, 3.63) is 22.5 Å². The summed E-state index contributed by atoms with van der Waals surface area (Å²) < 4.78 is 10.2. The molecular weight excluding hydrogens is 362 g/mol. The van der Waals surface area contributed by atoms with Crippen molar-refractivity contribution in [2.24, 2.45) is 17.3 Å². The number of carboxylic acids is 1. The Hall–Kier alpha value is -2.31. The van der Waals surface area contributed by atoms with Crippen molar-refractivity contribution in [2.45, 2.75) is 66.7 Å². The molecule has 1 fully saturated rings. The molecule has 1 atom stereocenters. The third kappa shape index (κ3) is 4.94. The second-order valence-corrected chi connectivity index (χ2v) is 8.61. The minimum absolute atomic E-state index is 0.0755. The summed E-state index contributed by atoms with van der Waals surface area (Å²) in [5, 5.41) is 12.8. The number of dihydropyridines is 1. The number of aliphatic carboxylic acids is 1. The first kappa shape index (κ1) is 22.0. The molecule has 1 saturated carbocycles. The van der Waals surface area contributed by atoms with Crippen LogP contribution in [0.1, 0.15) is 66.7 Å². The van der Waals surface area contributed by atoms with Gasteiger partial charge in [-0.25, -0.2) is 9.59 Å². The average molecular weight is 393 g/mol. The molecule has 0 aromatic rings. The van der Waals surface area contributed by atoms with Gasteiger partial charge >= 0.3 is 17.9 Å². The SMILES string of the molecule is CC1=C(C(=O)O)C(C2CCCCC2)C(C(=O)OCOC(=O)C(C)(C)C)=C(C)N1. The standard InChI is InChI=1S/C21H31NO6/c1-12-15(18(23)24)17(14-9-7-6-8-10-14)16(13(2)22-12)19(25)27-11-28-20(26)21(3,4)5/h14,17,22H,6-11H2,1-5H3,(H,23,24). The fourth-order valence-corrected chi connectivity index (χ4v) is 3.97. The maximum absolute atomic E-state index is 12.8. The van der Waals surface area contributed by atoms with E-state index in [1.54, 1.807) is 34.6 Å². The maximum atomic E-state index is 12.8. The summed E-state index contributed by atoms with van der Waals surface area (Å²) in [4.78, 5) is 36.7. The highest BCUT2D eigenvalue weighted by molar-refractivity contribution is 5.97. The van der Waals surface area contributed by atoms with Gasteiger partial charge in [-0.3, -0.25) is 4.79 Å². The van der Waals surface area contributed by atoms with Crippen molar-refractivity contribution >= 4 is 17.9 Å². The first-order valence-electron chi connectivity index (χ1n) is 9.80. The minimum Gasteiger partial charge on any atom is -0.478 e. The number of esters is 2. The van der Waals surface area contributed by atoms with Crippen molar-refractivity contribution < 1.29 is 29.0 Å². The third-order valence-electron chi connectivity index (χ3n) is 5.37. The fraction of sp³-hybridized carbons (Fsp3) is 0.667. The quantitative estimate of drug-likeness (QED) is 0.544. The number of carboxylic acid groups (broad SMARTS) is 1. The molecule has 156 valence electrons. The lowest BCUT2D eigenvalue weighted by molar-refractivity contribution is -0.171. The van der Waals surface area contributed by atoms with Crippen molar-refractivity contribution in [1.29, 1.82) is 0 Å². The number of rotatable bonds is 5. The van der Waals surface area contributed by atoms with Crippen molar-refractivity contribution in [2.75, 3.05) is 6.79 Å². The molecule has 2 rings (SSSR count). The van der Waals surface area contributed by atoms with Crippen molar-refractivity contribution in [3.63, 3.8) is 0 Å². The molecule has 1 unspecified atom stereocenters. The van der Waals surface area contributed by atoms with E-state index in [-0.39, 0.29) is 11.5 Å². The van der Waals surface area contributed by atoms with Gasteiger partial charge in [0.1, 0.15) is 0 Å². The number of carbonyl (C=O) groups excluding carboxylic acids is 2. The number of carbonyl (C=O) groups is 3. The predicted molar refractivity (Wildman–Crippen MR) is 103 cm³/mol. The maximum Gasteiger partial charge on any atom is 0.339 e. The topological polar surface area (TPSA) is 102 Å². The summed E-state index contributed by atoms with van der Waals surface area (Å²) in [6.07, 6.45) is 4.91. The molecule has 0 aromatic heterocycles. The second kappa shape index (κ2) is 8.80. The highest BCUT2D eigenvalue weighted by Gasteiger charge is 2.41. The van der Waals surface area contributed by atoms with Crippen molar-refractivity contribution in [3.8, 4) is 0 Å². The van der Waals surface area contributed by atoms with Crippen LogP contribution in [-0.4, -0.2) is 29.8 Å². The van der Waals surface area contributed by atoms with E-state index in [0.29, 0.717) is 17.0 Å². The first-order chi connectivity index (χ1) is 13.0. The minimum atomic E-state index is -1.03. The Morgan fingerprint density at radius 1 is 1.00 bits per heavy atom. The predicted octanol–water partition coefficient (Wildman–Crippen LogP) is 3.51. The highest BCUT2D eigenvalue weighted by atomic mass is 16.7. The summed E-state index contributed by atoms with van der Waals surface area (Å²) in [6.45, 7) is 8.10. The molecule has 0 aromatic carbocycles. The molecular formula is C21H31NO6. The Morgan fingerprint density at radius 3 is 2.11 bits per heavy atom. The zero-order valence-electron chi connectivity index (χ0n) is 17.4. The summed E-state index contributed by atoms with van der Waals surface area (Å²) in [5.41, 5.74) is 0.980. The summed E-state index contributed by atoms with van der Waals surface area (Å²) >= 11 is 0. The van der Waals surface area contributed by atoms with Gasteiger partial charge in [-0.1, -0.05) is 19.3 Å². The Labute approximate surface area is 166 Å². The van der Waals surface area contributed by atoms with E-state index in [2.05, 4.69) is 5.32 Å². The van der Waals surface area contributed by atoms with Crippen LogP contribution in [-0.2, 0) is 23.9 Å². The van der Waals surface area contributed by atoms with Gasteiger partial charge in [0.15, 0.2) is 0 Å². The number of ether oxygens (including phenoxy) is 2. The number of allylic oxidation sites excluding steroid dienone is 2. The Balaban J connectivity index is 2.23. The van der Waals surface area contributed by atoms with Gasteiger partial charge in [-0.2, -0.15) is 0 Å². The van der Waals surface area contributed by atoms with E-state index in [0.717, 1.165) is 32.1 Å². The largest absolute Gasteiger partial charge is 0.478 e. The van der Waals surface area contributed by atoms with E-state index in [1.807, 2.05) is 0 Å². The lowest BCUT2D eigenvalue weighted by Gasteiger charge is -2.36. The zero-order chi connectivity index (χ0) is 21.1. The van der Waals surface area contributed by atoms with E-state index in [1.165, 1.54) is 0 Å². The number of nitrogens with one attached hydrogen (secondary N) is 1. The van der Waals surface area contributed by atoms with Gasteiger partial charge in [0.2, 0.25) is 6.79 Å². The molecule has 2 N–H and O–H groups in total. The van der Waals surface area contributed by atoms with Gasteiger partial charge in [0.25, 0.3) is 0 Å². The lowest BCUT2D eigenvalue weighted by Crippen LogP contribution is -2.37. The Kier molecular flexibility index (Phi) is 6.91. The van der Waals surface area contributed by atoms with Crippen LogP contribution in [0.5, 0.6) is 0 Å². The normalized spacial score (nSPS) is 21.2. The van der Waals surface area contributed by atoms with Crippen LogP contribution in [0, 0.1) is 17.3 Å². The van der Waals surface area contributed by atoms with Gasteiger partial charge < -0.3 is 19.9 Å². The van der Waals surface area contributed by atoms with Crippen molar-refractivity contribution in [1.82, 2.24) is 5.32 Å². The van der Waals surface area contributed by atoms with Crippen LogP contribution in [0.25, 0.3) is 0 Å². The van der Waals surface area contributed by atoms with Crippen LogP contribution in [0.3, 0.4) is 0 Å². The van der Waals surface area contributed by atoms with Gasteiger partial charge in [0.05, 0.1) is 16.6 Å². The average Bonchev–Trinajstić information content (AvgIpc) is 2.60. The summed E-state index contributed by atoms with van der Waals surface area (Å²) in [6, 6.07) is 0. The molecule has 28 heavy (non-hydrogen) atoms. The van der Waals surface area contributed by atoms with Crippen LogP contribution in [0.2, 0.25) is 0 Å². The van der Waals surface area contributed by atoms with E-state index in [9.17, 15) is 19.5 Å². The first-order valence-corrected chi connectivity index (χ1v) is 9.80. The van der Waals surface area contributed by atoms with Crippen LogP contribution < -0.4 is 5.32 Å². The van der Waals surface area contributed by atoms with Gasteiger partial charge in [-0.05, 0) is 53.4 Å². The summed E-state index contributed by atoms with van der Waals surface area (Å²) in [7, 11) is 0. The van der Waals surface area contributed by atoms with Crippen LogP contribution >= 0.6 is 0 Å². The lowest BCUT2D eigenvalue weighted by atomic mass is 9.71.